The van der Waals surface area contributed by atoms with Crippen LogP contribution in [0.15, 0.2) is 53.1 Å². The summed E-state index contributed by atoms with van der Waals surface area (Å²) < 4.78 is 11.6. The first-order valence-corrected chi connectivity index (χ1v) is 9.27. The Morgan fingerprint density at radius 2 is 1.85 bits per heavy atom. The zero-order valence-corrected chi connectivity index (χ0v) is 15.6. The van der Waals surface area contributed by atoms with Crippen LogP contribution in [-0.2, 0) is 19.1 Å². The van der Waals surface area contributed by atoms with Gasteiger partial charge in [-0.05, 0) is 32.1 Å². The summed E-state index contributed by atoms with van der Waals surface area (Å²) in [6, 6.07) is 8.80. The second-order valence-electron chi connectivity index (χ2n) is 7.71. The third-order valence-electron chi connectivity index (χ3n) is 6.00. The van der Waals surface area contributed by atoms with Gasteiger partial charge in [-0.1, -0.05) is 36.3 Å². The molecule has 0 radical (unpaired) electrons. The molecule has 27 heavy (non-hydrogen) atoms. The molecule has 4 rings (SSSR count). The van der Waals surface area contributed by atoms with Crippen molar-refractivity contribution in [1.29, 1.82) is 0 Å². The van der Waals surface area contributed by atoms with Crippen LogP contribution < -0.4 is 0 Å². The van der Waals surface area contributed by atoms with E-state index in [0.717, 1.165) is 11.1 Å². The van der Waals surface area contributed by atoms with E-state index in [1.54, 1.807) is 30.3 Å². The summed E-state index contributed by atoms with van der Waals surface area (Å²) in [6.45, 7) is 5.61. The van der Waals surface area contributed by atoms with Crippen LogP contribution in [0, 0.1) is 17.8 Å². The fourth-order valence-corrected chi connectivity index (χ4v) is 4.69. The van der Waals surface area contributed by atoms with E-state index in [9.17, 15) is 14.4 Å². The molecule has 0 saturated carbocycles. The smallest absolute Gasteiger partial charge is 0.338 e. The Morgan fingerprint density at radius 1 is 1.15 bits per heavy atom. The second kappa shape index (κ2) is 6.48. The van der Waals surface area contributed by atoms with E-state index in [4.69, 9.17) is 9.47 Å². The quantitative estimate of drug-likeness (QED) is 0.752. The van der Waals surface area contributed by atoms with E-state index in [2.05, 4.69) is 0 Å². The molecule has 0 N–H and O–H groups in total. The van der Waals surface area contributed by atoms with E-state index in [1.807, 2.05) is 26.8 Å². The zero-order chi connectivity index (χ0) is 19.3. The Kier molecular flexibility index (Phi) is 4.25. The Hall–Kier alpha value is -2.69. The molecule has 5 heteroatoms. The topological polar surface area (TPSA) is 69.7 Å². The average molecular weight is 366 g/mol. The van der Waals surface area contributed by atoms with Crippen LogP contribution in [0.3, 0.4) is 0 Å². The van der Waals surface area contributed by atoms with Gasteiger partial charge in [0.2, 0.25) is 0 Å². The molecule has 5 nitrogen and oxygen atoms in total. The number of esters is 2. The van der Waals surface area contributed by atoms with Crippen LogP contribution in [0.25, 0.3) is 0 Å². The molecule has 1 aromatic carbocycles. The summed E-state index contributed by atoms with van der Waals surface area (Å²) in [4.78, 5) is 37.5. The molecule has 0 bridgehead atoms. The zero-order valence-electron chi connectivity index (χ0n) is 15.6. The first-order valence-electron chi connectivity index (χ1n) is 9.27. The van der Waals surface area contributed by atoms with Crippen molar-refractivity contribution in [3.8, 4) is 0 Å². The van der Waals surface area contributed by atoms with E-state index < -0.39 is 18.2 Å². The Balaban J connectivity index is 1.71. The van der Waals surface area contributed by atoms with E-state index in [1.165, 1.54) is 0 Å². The minimum atomic E-state index is -0.511. The summed E-state index contributed by atoms with van der Waals surface area (Å²) in [6.07, 6.45) is 1.08. The van der Waals surface area contributed by atoms with Crippen LogP contribution in [0.1, 0.15) is 37.6 Å². The molecule has 5 atom stereocenters. The molecule has 2 aliphatic carbocycles. The lowest BCUT2D eigenvalue weighted by Gasteiger charge is -2.29. The molecule has 2 unspecified atom stereocenters. The second-order valence-corrected chi connectivity index (χ2v) is 7.71. The third kappa shape index (κ3) is 2.82. The van der Waals surface area contributed by atoms with Gasteiger partial charge in [0.25, 0.3) is 0 Å². The maximum absolute atomic E-state index is 12.6. The van der Waals surface area contributed by atoms with Gasteiger partial charge in [0.1, 0.15) is 12.2 Å². The summed E-state index contributed by atoms with van der Waals surface area (Å²) in [7, 11) is 0. The first-order chi connectivity index (χ1) is 12.9. The van der Waals surface area contributed by atoms with Gasteiger partial charge in [-0.2, -0.15) is 0 Å². The Morgan fingerprint density at radius 3 is 2.56 bits per heavy atom. The molecule has 3 aliphatic rings. The first kappa shape index (κ1) is 17.7. The Bertz CT molecular complexity index is 879. The number of benzene rings is 1. The number of allylic oxidation sites excluding steroid dienone is 1. The highest BCUT2D eigenvalue weighted by Gasteiger charge is 2.55. The molecule has 0 amide bonds. The van der Waals surface area contributed by atoms with Crippen molar-refractivity contribution in [2.45, 2.75) is 39.4 Å². The van der Waals surface area contributed by atoms with Crippen LogP contribution in [0.2, 0.25) is 0 Å². The number of carbonyl (C=O) groups is 3. The van der Waals surface area contributed by atoms with Crippen molar-refractivity contribution in [2.75, 3.05) is 0 Å². The predicted octanol–water partition coefficient (Wildman–Crippen LogP) is 3.26. The predicted molar refractivity (Wildman–Crippen MR) is 97.8 cm³/mol. The molecule has 1 aliphatic heterocycles. The van der Waals surface area contributed by atoms with Crippen molar-refractivity contribution in [3.05, 3.63) is 58.7 Å². The molecule has 1 aromatic rings. The van der Waals surface area contributed by atoms with Gasteiger partial charge >= 0.3 is 11.9 Å². The minimum absolute atomic E-state index is 0.0283. The number of hydrogen-bond acceptors (Lipinski definition) is 5. The maximum atomic E-state index is 12.6. The van der Waals surface area contributed by atoms with Gasteiger partial charge in [-0.15, -0.1) is 0 Å². The van der Waals surface area contributed by atoms with Gasteiger partial charge in [0.05, 0.1) is 11.5 Å². The molecule has 1 fully saturated rings. The van der Waals surface area contributed by atoms with Gasteiger partial charge in [-0.25, -0.2) is 4.79 Å². The largest absolute Gasteiger partial charge is 0.461 e. The fraction of sp³-hybridized carbons (Fsp3) is 0.409. The van der Waals surface area contributed by atoms with Crippen LogP contribution in [0.4, 0.5) is 0 Å². The SMILES string of the molecule is CC1=CC(=O)C2=C(C)C[C@H](OC(=O)c3ccccc3)C3[C@H](OC(=O)[C@H]3C)C12. The van der Waals surface area contributed by atoms with E-state index in [-0.39, 0.29) is 29.5 Å². The van der Waals surface area contributed by atoms with Gasteiger partial charge in [0, 0.05) is 23.8 Å². The molecular weight excluding hydrogens is 344 g/mol. The number of rotatable bonds is 2. The lowest BCUT2D eigenvalue weighted by atomic mass is 9.79. The third-order valence-corrected chi connectivity index (χ3v) is 6.00. The van der Waals surface area contributed by atoms with Crippen LogP contribution in [-0.4, -0.2) is 29.9 Å². The van der Waals surface area contributed by atoms with Crippen molar-refractivity contribution in [1.82, 2.24) is 0 Å². The number of hydrogen-bond donors (Lipinski definition) is 0. The summed E-state index contributed by atoms with van der Waals surface area (Å²) >= 11 is 0. The summed E-state index contributed by atoms with van der Waals surface area (Å²) in [5.74, 6) is -1.65. The lowest BCUT2D eigenvalue weighted by Crippen LogP contribution is -2.38. The standard InChI is InChI=1S/C22H22O5/c1-11-9-15(23)17-12(2)10-16(26-22(25)14-7-5-4-6-8-14)19-13(3)21(24)27-20(19)18(11)17/h4-9,13,16,18-20H,10H2,1-3H3/t13-,16-,18?,19?,20+/m0/s1. The van der Waals surface area contributed by atoms with E-state index in [0.29, 0.717) is 17.6 Å². The van der Waals surface area contributed by atoms with Crippen molar-refractivity contribution < 1.29 is 23.9 Å². The van der Waals surface area contributed by atoms with Gasteiger partial charge < -0.3 is 9.47 Å². The highest BCUT2D eigenvalue weighted by Crippen LogP contribution is 2.48. The van der Waals surface area contributed by atoms with Crippen molar-refractivity contribution in [2.24, 2.45) is 17.8 Å². The van der Waals surface area contributed by atoms with Crippen molar-refractivity contribution in [3.63, 3.8) is 0 Å². The lowest BCUT2D eigenvalue weighted by molar-refractivity contribution is -0.144. The Labute approximate surface area is 158 Å². The molecule has 1 heterocycles. The maximum Gasteiger partial charge on any atom is 0.338 e. The highest BCUT2D eigenvalue weighted by atomic mass is 16.6. The van der Waals surface area contributed by atoms with Crippen LogP contribution >= 0.6 is 0 Å². The fourth-order valence-electron chi connectivity index (χ4n) is 4.69. The molecule has 0 spiro atoms. The van der Waals surface area contributed by atoms with Gasteiger partial charge in [-0.3, -0.25) is 9.59 Å². The molecule has 1 saturated heterocycles. The van der Waals surface area contributed by atoms with E-state index >= 15 is 0 Å². The van der Waals surface area contributed by atoms with Crippen molar-refractivity contribution >= 4 is 17.7 Å². The summed E-state index contributed by atoms with van der Waals surface area (Å²) in [5.41, 5.74) is 2.97. The molecule has 140 valence electrons. The van der Waals surface area contributed by atoms with Gasteiger partial charge in [0.15, 0.2) is 5.78 Å². The number of ketones is 1. The molecule has 0 aromatic heterocycles. The average Bonchev–Trinajstić information content (AvgIpc) is 3.05. The number of fused-ring (bicyclic) bond motifs is 3. The monoisotopic (exact) mass is 366 g/mol. The number of carbonyl (C=O) groups excluding carboxylic acids is 3. The summed E-state index contributed by atoms with van der Waals surface area (Å²) in [5, 5.41) is 0. The number of ether oxygens (including phenoxy) is 2. The minimum Gasteiger partial charge on any atom is -0.461 e. The molecular formula is C22H22O5. The highest BCUT2D eigenvalue weighted by molar-refractivity contribution is 6.09. The normalized spacial score (nSPS) is 32.4. The van der Waals surface area contributed by atoms with Crippen LogP contribution in [0.5, 0.6) is 0 Å².